The van der Waals surface area contributed by atoms with Crippen LogP contribution in [0.2, 0.25) is 5.15 Å². The number of halogens is 1. The highest BCUT2D eigenvalue weighted by atomic mass is 35.5. The minimum atomic E-state index is -0.677. The summed E-state index contributed by atoms with van der Waals surface area (Å²) in [4.78, 5) is 46.0. The third kappa shape index (κ3) is 6.71. The summed E-state index contributed by atoms with van der Waals surface area (Å²) in [5.74, 6) is -0.720. The fourth-order valence-corrected chi connectivity index (χ4v) is 4.35. The Balaban J connectivity index is 2.03. The highest BCUT2D eigenvalue weighted by molar-refractivity contribution is 6.31. The van der Waals surface area contributed by atoms with Crippen molar-refractivity contribution in [3.8, 4) is 5.75 Å². The van der Waals surface area contributed by atoms with Gasteiger partial charge in [0, 0.05) is 18.7 Å². The molecule has 3 rings (SSSR count). The Morgan fingerprint density at radius 2 is 1.75 bits per heavy atom. The number of aromatic nitrogens is 4. The lowest BCUT2D eigenvalue weighted by molar-refractivity contribution is -0.676. The summed E-state index contributed by atoms with van der Waals surface area (Å²) < 4.78 is 15.1. The van der Waals surface area contributed by atoms with Crippen molar-refractivity contribution in [2.45, 2.75) is 66.8 Å². The predicted octanol–water partition coefficient (Wildman–Crippen LogP) is 1.98. The first-order valence-electron chi connectivity index (χ1n) is 12.9. The van der Waals surface area contributed by atoms with E-state index in [0.29, 0.717) is 19.6 Å². The number of nitrogens with zero attached hydrogens (tertiary/aromatic N) is 4. The number of imidazole rings is 1. The Morgan fingerprint density at radius 3 is 2.35 bits per heavy atom. The number of hydrogen-bond donors (Lipinski definition) is 4. The number of hydrogen-bond acceptors (Lipinski definition) is 9. The second-order valence-electron chi connectivity index (χ2n) is 9.79. The van der Waals surface area contributed by atoms with Crippen LogP contribution in [0.5, 0.6) is 5.75 Å². The number of esters is 1. The van der Waals surface area contributed by atoms with Crippen LogP contribution >= 0.6 is 11.6 Å². The lowest BCUT2D eigenvalue weighted by atomic mass is 10.1. The maximum Gasteiger partial charge on any atom is 0.344 e. The number of ether oxygens (including phenoxy) is 2. The number of anilines is 2. The van der Waals surface area contributed by atoms with Crippen molar-refractivity contribution in [1.29, 1.82) is 0 Å². The van der Waals surface area contributed by atoms with E-state index in [4.69, 9.17) is 32.5 Å². The summed E-state index contributed by atoms with van der Waals surface area (Å²) in [5.41, 5.74) is 12.4. The first kappa shape index (κ1) is 30.4. The van der Waals surface area contributed by atoms with Gasteiger partial charge in [0.1, 0.15) is 17.9 Å². The average Bonchev–Trinajstić information content (AvgIpc) is 3.17. The molecule has 0 aliphatic rings. The zero-order valence-corrected chi connectivity index (χ0v) is 24.3. The number of amides is 2. The van der Waals surface area contributed by atoms with Crippen molar-refractivity contribution in [2.24, 2.45) is 0 Å². The highest BCUT2D eigenvalue weighted by Gasteiger charge is 2.28. The van der Waals surface area contributed by atoms with Gasteiger partial charge >= 0.3 is 5.97 Å². The molecule has 0 atom stereocenters. The van der Waals surface area contributed by atoms with Gasteiger partial charge in [-0.2, -0.15) is 0 Å². The summed E-state index contributed by atoms with van der Waals surface area (Å²) >= 11 is 5.93. The Bertz CT molecular complexity index is 1450. The molecule has 13 nitrogen and oxygen atoms in total. The van der Waals surface area contributed by atoms with Gasteiger partial charge in [-0.3, -0.25) is 9.59 Å². The van der Waals surface area contributed by atoms with Crippen molar-refractivity contribution in [3.63, 3.8) is 0 Å². The molecule has 0 radical (unpaired) electrons. The fraction of sp³-hybridized carbons (Fsp3) is 0.462. The highest BCUT2D eigenvalue weighted by Crippen LogP contribution is 2.27. The van der Waals surface area contributed by atoms with Crippen LogP contribution in [0.25, 0.3) is 11.0 Å². The van der Waals surface area contributed by atoms with Crippen LogP contribution < -0.4 is 31.4 Å². The van der Waals surface area contributed by atoms with Gasteiger partial charge in [-0.1, -0.05) is 11.6 Å². The fourth-order valence-electron chi connectivity index (χ4n) is 4.22. The number of nitrogens with two attached hydrogens (primary N) is 2. The summed E-state index contributed by atoms with van der Waals surface area (Å²) in [5, 5.41) is 5.48. The molecule has 0 bridgehead atoms. The van der Waals surface area contributed by atoms with Gasteiger partial charge in [-0.25, -0.2) is 23.9 Å². The molecule has 40 heavy (non-hydrogen) atoms. The number of carbonyl (C=O) groups excluding carboxylic acids is 3. The van der Waals surface area contributed by atoms with Crippen LogP contribution in [-0.2, 0) is 29.2 Å². The summed E-state index contributed by atoms with van der Waals surface area (Å²) in [7, 11) is 0. The SMILES string of the molecule is CCNC(=O)c1cc2c(cc1OCC(=O)OC(C)(C)C)[n+](CC)c(CNC(=O)c1nc(Cl)c(N)nc1N)n2CC. The molecule has 0 fully saturated rings. The minimum Gasteiger partial charge on any atom is -0.481 e. The first-order chi connectivity index (χ1) is 18.8. The molecule has 6 N–H and O–H groups in total. The van der Waals surface area contributed by atoms with Crippen LogP contribution in [0.3, 0.4) is 0 Å². The summed E-state index contributed by atoms with van der Waals surface area (Å²) in [6, 6.07) is 3.43. The molecule has 0 aliphatic heterocycles. The van der Waals surface area contributed by atoms with Crippen molar-refractivity contribution in [1.82, 2.24) is 25.2 Å². The lowest BCUT2D eigenvalue weighted by Gasteiger charge is -2.19. The lowest BCUT2D eigenvalue weighted by Crippen LogP contribution is -2.40. The number of rotatable bonds is 10. The number of carbonyl (C=O) groups is 3. The zero-order valence-electron chi connectivity index (χ0n) is 23.6. The van der Waals surface area contributed by atoms with E-state index in [9.17, 15) is 14.4 Å². The number of nitrogen functional groups attached to an aromatic ring is 2. The molecule has 1 aromatic carbocycles. The molecule has 2 heterocycles. The maximum absolute atomic E-state index is 13.0. The minimum absolute atomic E-state index is 0.0711. The van der Waals surface area contributed by atoms with Crippen LogP contribution in [0, 0.1) is 0 Å². The Kier molecular flexibility index (Phi) is 9.40. The molecule has 0 unspecified atom stereocenters. The van der Waals surface area contributed by atoms with Gasteiger partial charge in [0.25, 0.3) is 17.6 Å². The largest absolute Gasteiger partial charge is 0.481 e. The third-order valence-electron chi connectivity index (χ3n) is 5.79. The Labute approximate surface area is 237 Å². The van der Waals surface area contributed by atoms with E-state index in [1.165, 1.54) is 0 Å². The molecular weight excluding hydrogens is 540 g/mol. The van der Waals surface area contributed by atoms with E-state index in [0.717, 1.165) is 16.9 Å². The van der Waals surface area contributed by atoms with Gasteiger partial charge in [0.2, 0.25) is 0 Å². The predicted molar refractivity (Wildman–Crippen MR) is 150 cm³/mol. The monoisotopic (exact) mass is 575 g/mol. The molecule has 2 amide bonds. The van der Waals surface area contributed by atoms with Crippen molar-refractivity contribution >= 4 is 52.1 Å². The number of fused-ring (bicyclic) bond motifs is 1. The first-order valence-corrected chi connectivity index (χ1v) is 13.3. The van der Waals surface area contributed by atoms with Crippen LogP contribution in [0.1, 0.15) is 68.2 Å². The van der Waals surface area contributed by atoms with E-state index in [2.05, 4.69) is 20.6 Å². The molecule has 2 aromatic heterocycles. The van der Waals surface area contributed by atoms with Gasteiger partial charge in [-0.15, -0.1) is 0 Å². The average molecular weight is 576 g/mol. The number of benzene rings is 1. The smallest absolute Gasteiger partial charge is 0.344 e. The third-order valence-corrected chi connectivity index (χ3v) is 6.07. The molecule has 216 valence electrons. The van der Waals surface area contributed by atoms with Crippen molar-refractivity contribution < 1.29 is 28.4 Å². The second-order valence-corrected chi connectivity index (χ2v) is 10.2. The second kappa shape index (κ2) is 12.4. The maximum atomic E-state index is 13.0. The van der Waals surface area contributed by atoms with Crippen LogP contribution in [0.15, 0.2) is 12.1 Å². The van der Waals surface area contributed by atoms with E-state index in [1.807, 2.05) is 29.9 Å². The molecular formula is C26H36ClN8O5+. The van der Waals surface area contributed by atoms with E-state index >= 15 is 0 Å². The molecule has 0 spiro atoms. The van der Waals surface area contributed by atoms with Gasteiger partial charge in [-0.05, 0) is 41.5 Å². The van der Waals surface area contributed by atoms with E-state index in [1.54, 1.807) is 32.9 Å². The van der Waals surface area contributed by atoms with Gasteiger partial charge in [0.05, 0.1) is 18.7 Å². The van der Waals surface area contributed by atoms with Crippen molar-refractivity contribution in [3.05, 3.63) is 34.4 Å². The summed E-state index contributed by atoms with van der Waals surface area (Å²) in [6.45, 7) is 12.2. The quantitative estimate of drug-likeness (QED) is 0.207. The number of nitrogens with one attached hydrogen (secondary N) is 2. The van der Waals surface area contributed by atoms with Crippen molar-refractivity contribution in [2.75, 3.05) is 24.6 Å². The molecule has 3 aromatic rings. The van der Waals surface area contributed by atoms with E-state index in [-0.39, 0.29) is 52.9 Å². The van der Waals surface area contributed by atoms with Gasteiger partial charge in [0.15, 0.2) is 40.1 Å². The Hall–Kier alpha value is -4.13. The topological polar surface area (TPSA) is 180 Å². The standard InChI is InChI=1S/C26H35ClN8O5/c1-7-30-24(37)14-10-15-16(11-17(14)39-13-19(36)40-26(4,5)6)35(9-3)18(34(15)8-2)12-31-25(38)20-22(28)33-23(29)21(27)32-20/h10-11H,7-9,12-13H2,1-6H3,(H5-,28,29,30,31,33,37,38)/p+1. The summed E-state index contributed by atoms with van der Waals surface area (Å²) in [6.07, 6.45) is 0. The Morgan fingerprint density at radius 1 is 1.05 bits per heavy atom. The number of aryl methyl sites for hydroxylation is 2. The zero-order chi connectivity index (χ0) is 29.8. The molecule has 0 aliphatic carbocycles. The molecule has 0 saturated carbocycles. The van der Waals surface area contributed by atoms with Gasteiger partial charge < -0.3 is 31.6 Å². The van der Waals surface area contributed by atoms with E-state index < -0.39 is 17.5 Å². The molecule has 0 saturated heterocycles. The van der Waals surface area contributed by atoms with Crippen LogP contribution in [-0.4, -0.2) is 51.1 Å². The molecule has 14 heteroatoms. The normalized spacial score (nSPS) is 11.4. The van der Waals surface area contributed by atoms with Crippen LogP contribution in [0.4, 0.5) is 11.6 Å².